The van der Waals surface area contributed by atoms with Gasteiger partial charge in [0, 0.05) is 29.0 Å². The van der Waals surface area contributed by atoms with Gasteiger partial charge in [-0.25, -0.2) is 27.2 Å². The number of rotatable bonds is 4. The molecule has 3 heterocycles. The van der Waals surface area contributed by atoms with Gasteiger partial charge in [-0.05, 0) is 30.3 Å². The fraction of sp³-hybridized carbons (Fsp3) is 0.0476. The van der Waals surface area contributed by atoms with Gasteiger partial charge in [0.25, 0.3) is 0 Å². The molecule has 0 radical (unpaired) electrons. The smallest absolute Gasteiger partial charge is 0.322 e. The van der Waals surface area contributed by atoms with Crippen molar-refractivity contribution >= 4 is 34.4 Å². The molecule has 32 heavy (non-hydrogen) atoms. The second kappa shape index (κ2) is 7.57. The molecule has 1 amide bonds. The first-order valence-electron chi connectivity index (χ1n) is 9.37. The zero-order chi connectivity index (χ0) is 22.4. The molecule has 0 fully saturated rings. The van der Waals surface area contributed by atoms with E-state index in [1.165, 1.54) is 10.6 Å². The number of fused-ring (bicyclic) bond motifs is 3. The van der Waals surface area contributed by atoms with Crippen LogP contribution in [0.4, 0.5) is 14.5 Å². The summed E-state index contributed by atoms with van der Waals surface area (Å²) in [5.74, 6) is -2.23. The van der Waals surface area contributed by atoms with Crippen LogP contribution < -0.4 is 11.0 Å². The molecule has 5 rings (SSSR count). The van der Waals surface area contributed by atoms with Gasteiger partial charge in [0.1, 0.15) is 23.7 Å². The number of benzene rings is 2. The van der Waals surface area contributed by atoms with E-state index in [-0.39, 0.29) is 11.3 Å². The van der Waals surface area contributed by atoms with Gasteiger partial charge in [-0.2, -0.15) is 5.10 Å². The topological polar surface area (TPSA) is 85.7 Å². The van der Waals surface area contributed by atoms with Gasteiger partial charge in [0.05, 0.1) is 11.4 Å². The van der Waals surface area contributed by atoms with Gasteiger partial charge in [0.2, 0.25) is 5.91 Å². The standard InChI is InChI=1S/C21H13ClF2N6O2/c22-13-3-1-12(2-4-13)16-10-18-20-27-30(21(32)28(20)7-8-29(18)26-16)11-19(31)25-17-9-14(23)5-6-15(17)24/h1-10H,11H2,(H,25,31). The van der Waals surface area contributed by atoms with E-state index < -0.39 is 29.8 Å². The Morgan fingerprint density at radius 3 is 2.59 bits per heavy atom. The Bertz CT molecular complexity index is 1550. The van der Waals surface area contributed by atoms with Crippen LogP contribution in [0.2, 0.25) is 5.02 Å². The van der Waals surface area contributed by atoms with E-state index in [9.17, 15) is 18.4 Å². The predicted octanol–water partition coefficient (Wildman–Crippen LogP) is 3.38. The third-order valence-corrected chi connectivity index (χ3v) is 5.08. The van der Waals surface area contributed by atoms with Crippen molar-refractivity contribution in [3.63, 3.8) is 0 Å². The molecule has 0 bridgehead atoms. The summed E-state index contributed by atoms with van der Waals surface area (Å²) in [6.07, 6.45) is 3.08. The number of anilines is 1. The Balaban J connectivity index is 1.49. The molecule has 5 aromatic rings. The molecular formula is C21H13ClF2N6O2. The highest BCUT2D eigenvalue weighted by atomic mass is 35.5. The molecule has 11 heteroatoms. The number of aromatic nitrogens is 5. The number of hydrogen-bond acceptors (Lipinski definition) is 4. The molecule has 160 valence electrons. The van der Waals surface area contributed by atoms with E-state index in [1.54, 1.807) is 28.9 Å². The van der Waals surface area contributed by atoms with Gasteiger partial charge in [-0.1, -0.05) is 23.7 Å². The van der Waals surface area contributed by atoms with Crippen LogP contribution >= 0.6 is 11.6 Å². The Labute approximate surface area is 183 Å². The van der Waals surface area contributed by atoms with Crippen LogP contribution in [0.25, 0.3) is 22.4 Å². The van der Waals surface area contributed by atoms with Gasteiger partial charge < -0.3 is 5.32 Å². The van der Waals surface area contributed by atoms with Crippen molar-refractivity contribution in [3.05, 3.63) is 88.1 Å². The quantitative estimate of drug-likeness (QED) is 0.451. The minimum absolute atomic E-state index is 0.287. The van der Waals surface area contributed by atoms with E-state index in [0.717, 1.165) is 28.4 Å². The molecule has 0 aliphatic carbocycles. The van der Waals surface area contributed by atoms with E-state index in [0.29, 0.717) is 16.2 Å². The monoisotopic (exact) mass is 454 g/mol. The van der Waals surface area contributed by atoms with E-state index in [2.05, 4.69) is 15.5 Å². The number of carbonyl (C=O) groups is 1. The van der Waals surface area contributed by atoms with E-state index >= 15 is 0 Å². The average Bonchev–Trinajstić information content (AvgIpc) is 3.33. The maximum atomic E-state index is 13.8. The van der Waals surface area contributed by atoms with Crippen molar-refractivity contribution in [2.45, 2.75) is 6.54 Å². The van der Waals surface area contributed by atoms with Crippen LogP contribution in [0.3, 0.4) is 0 Å². The maximum Gasteiger partial charge on any atom is 0.350 e. The summed E-state index contributed by atoms with van der Waals surface area (Å²) in [6.45, 7) is -0.485. The number of amides is 1. The first-order chi connectivity index (χ1) is 15.4. The number of halogens is 3. The summed E-state index contributed by atoms with van der Waals surface area (Å²) in [7, 11) is 0. The molecular weight excluding hydrogens is 442 g/mol. The van der Waals surface area contributed by atoms with Crippen LogP contribution in [-0.4, -0.2) is 29.7 Å². The Morgan fingerprint density at radius 2 is 1.81 bits per heavy atom. The second-order valence-electron chi connectivity index (χ2n) is 6.97. The van der Waals surface area contributed by atoms with Crippen molar-refractivity contribution in [3.8, 4) is 11.3 Å². The van der Waals surface area contributed by atoms with E-state index in [4.69, 9.17) is 11.6 Å². The van der Waals surface area contributed by atoms with Crippen LogP contribution in [0.5, 0.6) is 0 Å². The highest BCUT2D eigenvalue weighted by Gasteiger charge is 2.16. The minimum atomic E-state index is -0.794. The zero-order valence-electron chi connectivity index (χ0n) is 16.2. The lowest BCUT2D eigenvalue weighted by Crippen LogP contribution is -2.28. The first kappa shape index (κ1) is 19.9. The summed E-state index contributed by atoms with van der Waals surface area (Å²) >= 11 is 5.94. The Morgan fingerprint density at radius 1 is 1.03 bits per heavy atom. The van der Waals surface area contributed by atoms with Crippen LogP contribution in [-0.2, 0) is 11.3 Å². The van der Waals surface area contributed by atoms with Crippen LogP contribution in [0.15, 0.2) is 65.7 Å². The summed E-state index contributed by atoms with van der Waals surface area (Å²) in [5.41, 5.74) is 1.43. The lowest BCUT2D eigenvalue weighted by Gasteiger charge is -2.05. The fourth-order valence-electron chi connectivity index (χ4n) is 3.32. The SMILES string of the molecule is O=C(Cn1nc2c3cc(-c4ccc(Cl)cc4)nn3ccn2c1=O)Nc1cc(F)ccc1F. The minimum Gasteiger partial charge on any atom is -0.322 e. The van der Waals surface area contributed by atoms with Crippen LogP contribution in [0, 0.1) is 11.6 Å². The summed E-state index contributed by atoms with van der Waals surface area (Å²) in [6, 6.07) is 11.6. The molecule has 0 atom stereocenters. The molecule has 0 spiro atoms. The average molecular weight is 455 g/mol. The number of carbonyl (C=O) groups excluding carboxylic acids is 1. The van der Waals surface area contributed by atoms with Crippen molar-refractivity contribution in [1.82, 2.24) is 23.8 Å². The lowest BCUT2D eigenvalue weighted by atomic mass is 10.1. The molecule has 1 N–H and O–H groups in total. The van der Waals surface area contributed by atoms with Gasteiger partial charge >= 0.3 is 5.69 Å². The summed E-state index contributed by atoms with van der Waals surface area (Å²) in [5, 5.41) is 11.6. The molecule has 3 aromatic heterocycles. The van der Waals surface area contributed by atoms with Crippen molar-refractivity contribution < 1.29 is 13.6 Å². The normalized spacial score (nSPS) is 11.3. The molecule has 0 unspecified atom stereocenters. The molecule has 0 saturated carbocycles. The first-order valence-corrected chi connectivity index (χ1v) is 9.75. The van der Waals surface area contributed by atoms with Crippen molar-refractivity contribution in [2.24, 2.45) is 0 Å². The maximum absolute atomic E-state index is 13.8. The highest BCUT2D eigenvalue weighted by molar-refractivity contribution is 6.30. The fourth-order valence-corrected chi connectivity index (χ4v) is 3.44. The van der Waals surface area contributed by atoms with Gasteiger partial charge in [-0.15, -0.1) is 5.10 Å². The second-order valence-corrected chi connectivity index (χ2v) is 7.41. The molecule has 8 nitrogen and oxygen atoms in total. The summed E-state index contributed by atoms with van der Waals surface area (Å²) in [4.78, 5) is 25.0. The lowest BCUT2D eigenvalue weighted by molar-refractivity contribution is -0.117. The van der Waals surface area contributed by atoms with Crippen LogP contribution in [0.1, 0.15) is 0 Å². The largest absolute Gasteiger partial charge is 0.350 e. The molecule has 2 aromatic carbocycles. The summed E-state index contributed by atoms with van der Waals surface area (Å²) < 4.78 is 30.9. The highest BCUT2D eigenvalue weighted by Crippen LogP contribution is 2.23. The predicted molar refractivity (Wildman–Crippen MR) is 114 cm³/mol. The van der Waals surface area contributed by atoms with E-state index in [1.807, 2.05) is 12.1 Å². The van der Waals surface area contributed by atoms with Gasteiger partial charge in [-0.3, -0.25) is 4.79 Å². The number of nitrogens with zero attached hydrogens (tertiary/aromatic N) is 5. The third kappa shape index (κ3) is 3.50. The third-order valence-electron chi connectivity index (χ3n) is 4.83. The molecule has 0 saturated heterocycles. The van der Waals surface area contributed by atoms with Gasteiger partial charge in [0.15, 0.2) is 5.65 Å². The Hall–Kier alpha value is -4.05. The van der Waals surface area contributed by atoms with Crippen molar-refractivity contribution in [2.75, 3.05) is 5.32 Å². The Kier molecular flexibility index (Phi) is 4.71. The molecule has 0 aliphatic heterocycles. The molecule has 0 aliphatic rings. The zero-order valence-corrected chi connectivity index (χ0v) is 16.9. The number of nitrogens with one attached hydrogen (secondary N) is 1. The number of hydrogen-bond donors (Lipinski definition) is 1. The van der Waals surface area contributed by atoms with Crippen molar-refractivity contribution in [1.29, 1.82) is 0 Å².